The molecule has 1 aliphatic heterocycles. The van der Waals surface area contributed by atoms with Gasteiger partial charge in [0, 0.05) is 44.5 Å². The average Bonchev–Trinajstić information content (AvgIpc) is 2.91. The van der Waals surface area contributed by atoms with Crippen molar-refractivity contribution < 1.29 is 14.3 Å². The number of carbonyl (C=O) groups excluding carboxylic acids is 2. The van der Waals surface area contributed by atoms with Crippen molar-refractivity contribution in [1.82, 2.24) is 0 Å². The highest BCUT2D eigenvalue weighted by Gasteiger charge is 2.21. The van der Waals surface area contributed by atoms with E-state index in [-0.39, 0.29) is 11.8 Å². The molecular weight excluding hydrogens is 268 g/mol. The predicted molar refractivity (Wildman–Crippen MR) is 82.4 cm³/mol. The molecule has 0 aliphatic carbocycles. The Kier molecular flexibility index (Phi) is 5.75. The van der Waals surface area contributed by atoms with Crippen molar-refractivity contribution in [2.24, 2.45) is 0 Å². The second-order valence-corrected chi connectivity index (χ2v) is 5.19. The number of nitrogens with zero attached hydrogens (tertiary/aromatic N) is 1. The SMILES string of the molecule is COCCCCC(=O)Nc1ccc(N2CCCC2=O)cc1. The summed E-state index contributed by atoms with van der Waals surface area (Å²) < 4.78 is 4.95. The molecule has 114 valence electrons. The van der Waals surface area contributed by atoms with E-state index in [9.17, 15) is 9.59 Å². The van der Waals surface area contributed by atoms with Gasteiger partial charge in [-0.3, -0.25) is 9.59 Å². The molecule has 1 aromatic carbocycles. The van der Waals surface area contributed by atoms with Crippen molar-refractivity contribution in [2.45, 2.75) is 32.1 Å². The Morgan fingerprint density at radius 1 is 1.29 bits per heavy atom. The van der Waals surface area contributed by atoms with Gasteiger partial charge in [-0.25, -0.2) is 0 Å². The van der Waals surface area contributed by atoms with Gasteiger partial charge in [0.2, 0.25) is 11.8 Å². The van der Waals surface area contributed by atoms with Gasteiger partial charge in [-0.1, -0.05) is 0 Å². The molecule has 0 radical (unpaired) electrons. The highest BCUT2D eigenvalue weighted by molar-refractivity contribution is 5.96. The molecule has 1 aliphatic rings. The second kappa shape index (κ2) is 7.78. The molecule has 5 nitrogen and oxygen atoms in total. The number of anilines is 2. The first kappa shape index (κ1) is 15.5. The van der Waals surface area contributed by atoms with Gasteiger partial charge in [0.1, 0.15) is 0 Å². The second-order valence-electron chi connectivity index (χ2n) is 5.19. The van der Waals surface area contributed by atoms with Crippen LogP contribution in [-0.2, 0) is 14.3 Å². The molecule has 0 saturated carbocycles. The number of methoxy groups -OCH3 is 1. The van der Waals surface area contributed by atoms with Crippen molar-refractivity contribution >= 4 is 23.2 Å². The molecule has 1 heterocycles. The number of hydrogen-bond acceptors (Lipinski definition) is 3. The molecule has 2 rings (SSSR count). The van der Waals surface area contributed by atoms with Crippen LogP contribution in [0.3, 0.4) is 0 Å². The minimum absolute atomic E-state index is 0.0103. The molecule has 2 amide bonds. The first-order valence-corrected chi connectivity index (χ1v) is 7.40. The third-order valence-electron chi connectivity index (χ3n) is 3.54. The lowest BCUT2D eigenvalue weighted by atomic mass is 10.2. The van der Waals surface area contributed by atoms with E-state index in [1.54, 1.807) is 12.0 Å². The quantitative estimate of drug-likeness (QED) is 0.785. The van der Waals surface area contributed by atoms with Gasteiger partial charge in [0.25, 0.3) is 0 Å². The molecule has 1 N–H and O–H groups in total. The van der Waals surface area contributed by atoms with Crippen LogP contribution >= 0.6 is 0 Å². The molecule has 1 fully saturated rings. The molecule has 0 bridgehead atoms. The fraction of sp³-hybridized carbons (Fsp3) is 0.500. The zero-order valence-electron chi connectivity index (χ0n) is 12.4. The van der Waals surface area contributed by atoms with Crippen LogP contribution < -0.4 is 10.2 Å². The molecule has 21 heavy (non-hydrogen) atoms. The summed E-state index contributed by atoms with van der Waals surface area (Å²) in [5, 5.41) is 2.86. The topological polar surface area (TPSA) is 58.6 Å². The fourth-order valence-corrected chi connectivity index (χ4v) is 2.40. The lowest BCUT2D eigenvalue weighted by Gasteiger charge is -2.16. The van der Waals surface area contributed by atoms with Crippen LogP contribution in [0.2, 0.25) is 0 Å². The van der Waals surface area contributed by atoms with E-state index in [2.05, 4.69) is 5.32 Å². The van der Waals surface area contributed by atoms with Crippen LogP contribution in [-0.4, -0.2) is 32.1 Å². The van der Waals surface area contributed by atoms with Gasteiger partial charge < -0.3 is 15.0 Å². The molecule has 1 aromatic rings. The number of rotatable bonds is 7. The molecule has 0 atom stereocenters. The third-order valence-corrected chi connectivity index (χ3v) is 3.54. The van der Waals surface area contributed by atoms with E-state index in [0.29, 0.717) is 19.4 Å². The monoisotopic (exact) mass is 290 g/mol. The summed E-state index contributed by atoms with van der Waals surface area (Å²) in [6.45, 7) is 1.47. The summed E-state index contributed by atoms with van der Waals surface area (Å²) in [5.41, 5.74) is 1.66. The Morgan fingerprint density at radius 2 is 2.05 bits per heavy atom. The van der Waals surface area contributed by atoms with Crippen LogP contribution in [0, 0.1) is 0 Å². The maximum Gasteiger partial charge on any atom is 0.227 e. The van der Waals surface area contributed by atoms with Gasteiger partial charge in [-0.05, 0) is 43.5 Å². The summed E-state index contributed by atoms with van der Waals surface area (Å²) in [6.07, 6.45) is 3.74. The Morgan fingerprint density at radius 3 is 2.67 bits per heavy atom. The maximum absolute atomic E-state index is 11.8. The van der Waals surface area contributed by atoms with E-state index in [1.165, 1.54) is 0 Å². The third kappa shape index (κ3) is 4.56. The molecule has 0 spiro atoms. The molecule has 5 heteroatoms. The molecule has 1 saturated heterocycles. The van der Waals surface area contributed by atoms with Crippen molar-refractivity contribution in [2.75, 3.05) is 30.5 Å². The van der Waals surface area contributed by atoms with Crippen molar-refractivity contribution in [3.05, 3.63) is 24.3 Å². The number of carbonyl (C=O) groups is 2. The van der Waals surface area contributed by atoms with Gasteiger partial charge >= 0.3 is 0 Å². The van der Waals surface area contributed by atoms with E-state index in [0.717, 1.165) is 37.2 Å². The Bertz CT molecular complexity index is 485. The van der Waals surface area contributed by atoms with E-state index in [4.69, 9.17) is 4.74 Å². The number of hydrogen-bond donors (Lipinski definition) is 1. The normalized spacial score (nSPS) is 14.5. The van der Waals surface area contributed by atoms with Crippen LogP contribution in [0.15, 0.2) is 24.3 Å². The average molecular weight is 290 g/mol. The van der Waals surface area contributed by atoms with Crippen LogP contribution in [0.5, 0.6) is 0 Å². The summed E-state index contributed by atoms with van der Waals surface area (Å²) in [5.74, 6) is 0.182. The Balaban J connectivity index is 1.82. The number of nitrogens with one attached hydrogen (secondary N) is 1. The number of benzene rings is 1. The van der Waals surface area contributed by atoms with Gasteiger partial charge in [-0.15, -0.1) is 0 Å². The van der Waals surface area contributed by atoms with E-state index in [1.807, 2.05) is 24.3 Å². The highest BCUT2D eigenvalue weighted by Crippen LogP contribution is 2.23. The summed E-state index contributed by atoms with van der Waals surface area (Å²) in [7, 11) is 1.66. The zero-order valence-corrected chi connectivity index (χ0v) is 12.4. The summed E-state index contributed by atoms with van der Waals surface area (Å²) >= 11 is 0. The Labute approximate surface area is 125 Å². The van der Waals surface area contributed by atoms with Gasteiger partial charge in [-0.2, -0.15) is 0 Å². The van der Waals surface area contributed by atoms with Crippen molar-refractivity contribution in [1.29, 1.82) is 0 Å². The number of ether oxygens (including phenoxy) is 1. The van der Waals surface area contributed by atoms with Crippen LogP contribution in [0.25, 0.3) is 0 Å². The minimum atomic E-state index is 0.0103. The van der Waals surface area contributed by atoms with Crippen molar-refractivity contribution in [3.8, 4) is 0 Å². The van der Waals surface area contributed by atoms with Crippen LogP contribution in [0.1, 0.15) is 32.1 Å². The fourth-order valence-electron chi connectivity index (χ4n) is 2.40. The number of unbranched alkanes of at least 4 members (excludes halogenated alkanes) is 1. The predicted octanol–water partition coefficient (Wildman–Crippen LogP) is 2.57. The van der Waals surface area contributed by atoms with Crippen LogP contribution in [0.4, 0.5) is 11.4 Å². The summed E-state index contributed by atoms with van der Waals surface area (Å²) in [6, 6.07) is 7.44. The van der Waals surface area contributed by atoms with E-state index < -0.39 is 0 Å². The van der Waals surface area contributed by atoms with E-state index >= 15 is 0 Å². The summed E-state index contributed by atoms with van der Waals surface area (Å²) in [4.78, 5) is 25.2. The number of amides is 2. The molecular formula is C16H22N2O3. The lowest BCUT2D eigenvalue weighted by molar-refractivity contribution is -0.117. The first-order chi connectivity index (χ1) is 10.2. The zero-order chi connectivity index (χ0) is 15.1. The lowest BCUT2D eigenvalue weighted by Crippen LogP contribution is -2.23. The first-order valence-electron chi connectivity index (χ1n) is 7.40. The largest absolute Gasteiger partial charge is 0.385 e. The molecule has 0 unspecified atom stereocenters. The van der Waals surface area contributed by atoms with Gasteiger partial charge in [0.05, 0.1) is 0 Å². The maximum atomic E-state index is 11.8. The Hall–Kier alpha value is -1.88. The molecule has 0 aromatic heterocycles. The van der Waals surface area contributed by atoms with Crippen molar-refractivity contribution in [3.63, 3.8) is 0 Å². The van der Waals surface area contributed by atoms with Gasteiger partial charge in [0.15, 0.2) is 0 Å². The smallest absolute Gasteiger partial charge is 0.227 e. The highest BCUT2D eigenvalue weighted by atomic mass is 16.5. The minimum Gasteiger partial charge on any atom is -0.385 e. The standard InChI is InChI=1S/C16H22N2O3/c1-21-12-3-2-5-15(19)17-13-7-9-14(10-8-13)18-11-4-6-16(18)20/h7-10H,2-6,11-12H2,1H3,(H,17,19).